The number of amides is 1. The molecule has 0 saturated carbocycles. The second kappa shape index (κ2) is 5.99. The maximum atomic E-state index is 12.7. The van der Waals surface area contributed by atoms with Crippen molar-refractivity contribution in [1.82, 2.24) is 4.90 Å². The van der Waals surface area contributed by atoms with Gasteiger partial charge in [-0.1, -0.05) is 12.1 Å². The molecule has 0 aromatic heterocycles. The predicted octanol–water partition coefficient (Wildman–Crippen LogP) is 1.03. The van der Waals surface area contributed by atoms with E-state index in [0.717, 1.165) is 17.0 Å². The molecule has 0 bridgehead atoms. The zero-order valence-corrected chi connectivity index (χ0v) is 13.5. The summed E-state index contributed by atoms with van der Waals surface area (Å²) >= 11 is 0. The van der Waals surface area contributed by atoms with Gasteiger partial charge in [-0.05, 0) is 18.2 Å². The second-order valence-electron chi connectivity index (χ2n) is 5.83. The Labute approximate surface area is 146 Å². The lowest BCUT2D eigenvalue weighted by molar-refractivity contribution is -0.137. The molecular formula is C18H13NO7. The van der Waals surface area contributed by atoms with E-state index < -0.39 is 35.7 Å². The normalized spacial score (nSPS) is 12.3. The van der Waals surface area contributed by atoms with Crippen molar-refractivity contribution in [3.8, 4) is 11.5 Å². The molecule has 3 rings (SSSR count). The average Bonchev–Trinajstić information content (AvgIpc) is 2.57. The summed E-state index contributed by atoms with van der Waals surface area (Å²) < 4.78 is 0. The van der Waals surface area contributed by atoms with E-state index in [9.17, 15) is 29.4 Å². The maximum Gasteiger partial charge on any atom is 0.323 e. The third kappa shape index (κ3) is 2.57. The molecule has 2 aromatic carbocycles. The Morgan fingerprint density at radius 2 is 1.62 bits per heavy atom. The first-order chi connectivity index (χ1) is 12.2. The molecular weight excluding hydrogens is 342 g/mol. The quantitative estimate of drug-likeness (QED) is 0.639. The Kier molecular flexibility index (Phi) is 3.96. The van der Waals surface area contributed by atoms with Crippen molar-refractivity contribution in [3.63, 3.8) is 0 Å². The molecule has 0 spiro atoms. The lowest BCUT2D eigenvalue weighted by atomic mass is 9.82. The fourth-order valence-corrected chi connectivity index (χ4v) is 2.90. The molecule has 0 aliphatic heterocycles. The summed E-state index contributed by atoms with van der Waals surface area (Å²) in [7, 11) is 1.26. The molecule has 1 amide bonds. The number of phenolic OH excluding ortho intramolecular Hbond substituents is 2. The Morgan fingerprint density at radius 3 is 2.27 bits per heavy atom. The first-order valence-electron chi connectivity index (χ1n) is 7.48. The molecule has 2 aromatic rings. The lowest BCUT2D eigenvalue weighted by Gasteiger charge is -2.21. The zero-order valence-electron chi connectivity index (χ0n) is 13.5. The number of ketones is 2. The van der Waals surface area contributed by atoms with Crippen molar-refractivity contribution in [2.45, 2.75) is 0 Å². The molecule has 8 nitrogen and oxygen atoms in total. The number of phenols is 2. The summed E-state index contributed by atoms with van der Waals surface area (Å²) in [6.07, 6.45) is 0. The first kappa shape index (κ1) is 17.2. The minimum absolute atomic E-state index is 0.0367. The third-order valence-corrected chi connectivity index (χ3v) is 4.07. The van der Waals surface area contributed by atoms with Crippen LogP contribution < -0.4 is 0 Å². The summed E-state index contributed by atoms with van der Waals surface area (Å²) in [5.41, 5.74) is -0.857. The van der Waals surface area contributed by atoms with Crippen LogP contribution in [0.3, 0.4) is 0 Å². The van der Waals surface area contributed by atoms with Gasteiger partial charge in [0, 0.05) is 23.7 Å². The number of likely N-dealkylation sites (N-methyl/N-ethyl adjacent to an activating group) is 1. The number of carbonyl (C=O) groups is 4. The standard InChI is InChI=1S/C18H13NO7/c1-19(7-13(22)23)18(26)8-5-10-15(12(21)6-8)17(25)14-9(16(10)24)3-2-4-11(14)20/h2-6,20-21H,7H2,1H3,(H,22,23). The number of carboxylic acid groups (broad SMARTS) is 1. The molecule has 0 saturated heterocycles. The molecule has 3 N–H and O–H groups in total. The van der Waals surface area contributed by atoms with E-state index in [0.29, 0.717) is 0 Å². The number of aliphatic carboxylic acids is 1. The Morgan fingerprint density at radius 1 is 0.962 bits per heavy atom. The monoisotopic (exact) mass is 355 g/mol. The van der Waals surface area contributed by atoms with Crippen LogP contribution in [0, 0.1) is 0 Å². The summed E-state index contributed by atoms with van der Waals surface area (Å²) in [6, 6.07) is 6.16. The topological polar surface area (TPSA) is 132 Å². The molecule has 26 heavy (non-hydrogen) atoms. The van der Waals surface area contributed by atoms with Gasteiger partial charge in [0.1, 0.15) is 18.0 Å². The predicted molar refractivity (Wildman–Crippen MR) is 87.7 cm³/mol. The molecule has 0 fully saturated rings. The van der Waals surface area contributed by atoms with Crippen LogP contribution in [0.25, 0.3) is 0 Å². The number of carbonyl (C=O) groups excluding carboxylic acids is 3. The van der Waals surface area contributed by atoms with Gasteiger partial charge in [0.15, 0.2) is 5.78 Å². The number of aromatic hydroxyl groups is 2. The minimum Gasteiger partial charge on any atom is -0.507 e. The van der Waals surface area contributed by atoms with Crippen LogP contribution in [-0.2, 0) is 4.79 Å². The number of fused-ring (bicyclic) bond motifs is 2. The molecule has 132 valence electrons. The highest BCUT2D eigenvalue weighted by molar-refractivity contribution is 6.30. The molecule has 1 aliphatic carbocycles. The van der Waals surface area contributed by atoms with Gasteiger partial charge >= 0.3 is 5.97 Å². The highest BCUT2D eigenvalue weighted by Gasteiger charge is 2.35. The van der Waals surface area contributed by atoms with E-state index in [-0.39, 0.29) is 33.6 Å². The van der Waals surface area contributed by atoms with Crippen LogP contribution in [0.5, 0.6) is 11.5 Å². The van der Waals surface area contributed by atoms with E-state index in [1.165, 1.54) is 25.2 Å². The Hall–Kier alpha value is -3.68. The van der Waals surface area contributed by atoms with Gasteiger partial charge in [-0.2, -0.15) is 0 Å². The number of carboxylic acids is 1. The number of rotatable bonds is 3. The fraction of sp³-hybridized carbons (Fsp3) is 0.111. The van der Waals surface area contributed by atoms with Crippen molar-refractivity contribution in [2.75, 3.05) is 13.6 Å². The summed E-state index contributed by atoms with van der Waals surface area (Å²) in [5.74, 6) is -4.29. The number of hydrogen-bond donors (Lipinski definition) is 3. The summed E-state index contributed by atoms with van der Waals surface area (Å²) in [6.45, 7) is -0.569. The highest BCUT2D eigenvalue weighted by atomic mass is 16.4. The number of benzene rings is 2. The van der Waals surface area contributed by atoms with Gasteiger partial charge in [0.05, 0.1) is 11.1 Å². The van der Waals surface area contributed by atoms with Crippen LogP contribution in [0.2, 0.25) is 0 Å². The zero-order chi connectivity index (χ0) is 19.2. The van der Waals surface area contributed by atoms with E-state index >= 15 is 0 Å². The van der Waals surface area contributed by atoms with Gasteiger partial charge in [-0.3, -0.25) is 19.2 Å². The van der Waals surface area contributed by atoms with Gasteiger partial charge < -0.3 is 20.2 Å². The molecule has 1 aliphatic rings. The first-order valence-corrected chi connectivity index (χ1v) is 7.48. The van der Waals surface area contributed by atoms with Crippen LogP contribution >= 0.6 is 0 Å². The van der Waals surface area contributed by atoms with Crippen molar-refractivity contribution >= 4 is 23.4 Å². The van der Waals surface area contributed by atoms with Crippen LogP contribution in [0.4, 0.5) is 0 Å². The van der Waals surface area contributed by atoms with Gasteiger partial charge in [-0.25, -0.2) is 0 Å². The van der Waals surface area contributed by atoms with Crippen LogP contribution in [0.1, 0.15) is 42.2 Å². The maximum absolute atomic E-state index is 12.7. The second-order valence-corrected chi connectivity index (χ2v) is 5.83. The Balaban J connectivity index is 2.13. The molecule has 0 radical (unpaired) electrons. The average molecular weight is 355 g/mol. The van der Waals surface area contributed by atoms with E-state index in [1.807, 2.05) is 0 Å². The SMILES string of the molecule is CN(CC(=O)O)C(=O)c1cc(O)c2c(c1)C(=O)c1cccc(O)c1C2=O. The molecule has 0 unspecified atom stereocenters. The lowest BCUT2D eigenvalue weighted by Crippen LogP contribution is -2.32. The third-order valence-electron chi connectivity index (χ3n) is 4.07. The van der Waals surface area contributed by atoms with Crippen molar-refractivity contribution in [1.29, 1.82) is 0 Å². The minimum atomic E-state index is -1.22. The summed E-state index contributed by atoms with van der Waals surface area (Å²) in [5, 5.41) is 28.9. The van der Waals surface area contributed by atoms with Gasteiger partial charge in [0.2, 0.25) is 5.78 Å². The van der Waals surface area contributed by atoms with Crippen molar-refractivity contribution in [2.24, 2.45) is 0 Å². The smallest absolute Gasteiger partial charge is 0.323 e. The number of hydrogen-bond acceptors (Lipinski definition) is 6. The molecule has 0 heterocycles. The van der Waals surface area contributed by atoms with Gasteiger partial charge in [0.25, 0.3) is 5.91 Å². The number of nitrogens with zero attached hydrogens (tertiary/aromatic N) is 1. The van der Waals surface area contributed by atoms with Gasteiger partial charge in [-0.15, -0.1) is 0 Å². The van der Waals surface area contributed by atoms with Crippen LogP contribution in [-0.4, -0.2) is 57.3 Å². The van der Waals surface area contributed by atoms with E-state index in [2.05, 4.69) is 0 Å². The fourth-order valence-electron chi connectivity index (χ4n) is 2.90. The Bertz CT molecular complexity index is 993. The molecule has 8 heteroatoms. The summed E-state index contributed by atoms with van der Waals surface area (Å²) in [4.78, 5) is 49.3. The highest BCUT2D eigenvalue weighted by Crippen LogP contribution is 2.37. The van der Waals surface area contributed by atoms with Crippen molar-refractivity contribution in [3.05, 3.63) is 58.1 Å². The largest absolute Gasteiger partial charge is 0.507 e. The van der Waals surface area contributed by atoms with E-state index in [1.54, 1.807) is 0 Å². The van der Waals surface area contributed by atoms with Crippen LogP contribution in [0.15, 0.2) is 30.3 Å². The van der Waals surface area contributed by atoms with E-state index in [4.69, 9.17) is 5.11 Å². The van der Waals surface area contributed by atoms with Crippen molar-refractivity contribution < 1.29 is 34.5 Å². The molecule has 0 atom stereocenters.